The Hall–Kier alpha value is -2.99. The Labute approximate surface area is 169 Å². The lowest BCUT2D eigenvalue weighted by Crippen LogP contribution is -2.42. The van der Waals surface area contributed by atoms with Gasteiger partial charge in [0.05, 0.1) is 11.1 Å². The standard InChI is InChI=1S/C21H22ClN3O3/c1-4-11-25-17-12-16(9-10-18(17)28-13-21(2,3)19(25)26)24-20(27)23-15-7-5-14(22)6-8-15/h4-10,12H,1,11,13H2,2-3H3,(H2,23,24,27). The fourth-order valence-corrected chi connectivity index (χ4v) is 2.99. The lowest BCUT2D eigenvalue weighted by Gasteiger charge is -2.27. The molecule has 0 fully saturated rings. The van der Waals surface area contributed by atoms with Crippen LogP contribution in [0, 0.1) is 5.41 Å². The van der Waals surface area contributed by atoms with Crippen LogP contribution in [0.2, 0.25) is 5.02 Å². The van der Waals surface area contributed by atoms with Crippen molar-refractivity contribution in [3.63, 3.8) is 0 Å². The summed E-state index contributed by atoms with van der Waals surface area (Å²) >= 11 is 5.85. The third-order valence-corrected chi connectivity index (χ3v) is 4.59. The van der Waals surface area contributed by atoms with E-state index in [-0.39, 0.29) is 12.5 Å². The molecule has 0 unspecified atom stereocenters. The van der Waals surface area contributed by atoms with Gasteiger partial charge in [-0.3, -0.25) is 4.79 Å². The molecule has 146 valence electrons. The average Bonchev–Trinajstić information content (AvgIpc) is 2.74. The van der Waals surface area contributed by atoms with Gasteiger partial charge < -0.3 is 20.3 Å². The number of hydrogen-bond donors (Lipinski definition) is 2. The Balaban J connectivity index is 1.82. The van der Waals surface area contributed by atoms with Gasteiger partial charge in [0.25, 0.3) is 0 Å². The molecule has 3 rings (SSSR count). The van der Waals surface area contributed by atoms with Crippen molar-refractivity contribution in [2.75, 3.05) is 28.7 Å². The molecule has 1 heterocycles. The van der Waals surface area contributed by atoms with Gasteiger partial charge in [-0.1, -0.05) is 17.7 Å². The van der Waals surface area contributed by atoms with Crippen molar-refractivity contribution in [2.45, 2.75) is 13.8 Å². The molecule has 1 aliphatic heterocycles. The molecule has 2 N–H and O–H groups in total. The van der Waals surface area contributed by atoms with E-state index in [1.54, 1.807) is 53.4 Å². The second-order valence-corrected chi connectivity index (χ2v) is 7.58. The Morgan fingerprint density at radius 1 is 1.21 bits per heavy atom. The number of halogens is 1. The monoisotopic (exact) mass is 399 g/mol. The lowest BCUT2D eigenvalue weighted by atomic mass is 9.93. The summed E-state index contributed by atoms with van der Waals surface area (Å²) in [6.45, 7) is 8.05. The zero-order valence-corrected chi connectivity index (χ0v) is 16.5. The SMILES string of the molecule is C=CCN1C(=O)C(C)(C)COc2ccc(NC(=O)Nc3ccc(Cl)cc3)cc21. The molecule has 0 atom stereocenters. The number of ether oxygens (including phenoxy) is 1. The van der Waals surface area contributed by atoms with Crippen LogP contribution in [0.4, 0.5) is 21.9 Å². The van der Waals surface area contributed by atoms with Gasteiger partial charge in [0, 0.05) is 22.9 Å². The normalized spacial score (nSPS) is 15.1. The second-order valence-electron chi connectivity index (χ2n) is 7.15. The molecule has 0 radical (unpaired) electrons. The Bertz CT molecular complexity index is 910. The van der Waals surface area contributed by atoms with Crippen LogP contribution in [0.1, 0.15) is 13.8 Å². The summed E-state index contributed by atoms with van der Waals surface area (Å²) in [5, 5.41) is 6.09. The van der Waals surface area contributed by atoms with Crippen LogP contribution < -0.4 is 20.3 Å². The first-order valence-electron chi connectivity index (χ1n) is 8.83. The largest absolute Gasteiger partial charge is 0.490 e. The van der Waals surface area contributed by atoms with Crippen molar-refractivity contribution in [3.05, 3.63) is 60.1 Å². The van der Waals surface area contributed by atoms with Crippen molar-refractivity contribution in [2.24, 2.45) is 5.41 Å². The van der Waals surface area contributed by atoms with E-state index in [9.17, 15) is 9.59 Å². The van der Waals surface area contributed by atoms with Gasteiger partial charge in [-0.25, -0.2) is 4.79 Å². The van der Waals surface area contributed by atoms with Crippen LogP contribution in [-0.4, -0.2) is 25.1 Å². The van der Waals surface area contributed by atoms with E-state index >= 15 is 0 Å². The molecule has 2 aromatic carbocycles. The number of urea groups is 1. The molecule has 6 nitrogen and oxygen atoms in total. The number of anilines is 3. The van der Waals surface area contributed by atoms with E-state index in [0.29, 0.717) is 34.4 Å². The van der Waals surface area contributed by atoms with E-state index in [2.05, 4.69) is 17.2 Å². The minimum atomic E-state index is -0.665. The van der Waals surface area contributed by atoms with Crippen molar-refractivity contribution in [1.82, 2.24) is 0 Å². The predicted molar refractivity (Wildman–Crippen MR) is 112 cm³/mol. The van der Waals surface area contributed by atoms with E-state index in [0.717, 1.165) is 0 Å². The number of amides is 3. The van der Waals surface area contributed by atoms with Gasteiger partial charge >= 0.3 is 6.03 Å². The molecule has 28 heavy (non-hydrogen) atoms. The summed E-state index contributed by atoms with van der Waals surface area (Å²) < 4.78 is 5.84. The Morgan fingerprint density at radius 2 is 1.86 bits per heavy atom. The third kappa shape index (κ3) is 4.28. The van der Waals surface area contributed by atoms with Crippen molar-refractivity contribution < 1.29 is 14.3 Å². The lowest BCUT2D eigenvalue weighted by molar-refractivity contribution is -0.127. The third-order valence-electron chi connectivity index (χ3n) is 4.33. The predicted octanol–water partition coefficient (Wildman–Crippen LogP) is 4.92. The summed E-state index contributed by atoms with van der Waals surface area (Å²) in [4.78, 5) is 26.8. The van der Waals surface area contributed by atoms with Gasteiger partial charge in [0.2, 0.25) is 5.91 Å². The number of fused-ring (bicyclic) bond motifs is 1. The highest BCUT2D eigenvalue weighted by Gasteiger charge is 2.37. The van der Waals surface area contributed by atoms with Gasteiger partial charge in [-0.05, 0) is 56.3 Å². The zero-order valence-electron chi connectivity index (χ0n) is 15.8. The highest BCUT2D eigenvalue weighted by molar-refractivity contribution is 6.30. The number of carbonyl (C=O) groups is 2. The van der Waals surface area contributed by atoms with Gasteiger partial charge in [-0.15, -0.1) is 6.58 Å². The maximum absolute atomic E-state index is 12.9. The zero-order chi connectivity index (χ0) is 20.3. The number of nitrogens with zero attached hydrogens (tertiary/aromatic N) is 1. The minimum Gasteiger partial charge on any atom is -0.490 e. The molecule has 0 spiro atoms. The van der Waals surface area contributed by atoms with Crippen LogP contribution in [0.5, 0.6) is 5.75 Å². The highest BCUT2D eigenvalue weighted by Crippen LogP contribution is 2.38. The molecular formula is C21H22ClN3O3. The maximum Gasteiger partial charge on any atom is 0.323 e. The second kappa shape index (κ2) is 7.94. The molecule has 0 aromatic heterocycles. The number of hydrogen-bond acceptors (Lipinski definition) is 3. The smallest absolute Gasteiger partial charge is 0.323 e. The van der Waals surface area contributed by atoms with E-state index in [1.165, 1.54) is 0 Å². The number of nitrogens with one attached hydrogen (secondary N) is 2. The molecule has 2 aromatic rings. The molecule has 0 aliphatic carbocycles. The van der Waals surface area contributed by atoms with E-state index in [1.807, 2.05) is 13.8 Å². The van der Waals surface area contributed by atoms with Crippen LogP contribution >= 0.6 is 11.6 Å². The Kier molecular flexibility index (Phi) is 5.61. The summed E-state index contributed by atoms with van der Waals surface area (Å²) in [6, 6.07) is 11.6. The first-order chi connectivity index (χ1) is 13.3. The summed E-state index contributed by atoms with van der Waals surface area (Å²) in [5.74, 6) is 0.526. The first kappa shape index (κ1) is 19.8. The molecule has 0 bridgehead atoms. The van der Waals surface area contributed by atoms with Crippen molar-refractivity contribution in [1.29, 1.82) is 0 Å². The number of rotatable bonds is 4. The minimum absolute atomic E-state index is 0.0612. The molecule has 3 amide bonds. The fourth-order valence-electron chi connectivity index (χ4n) is 2.86. The van der Waals surface area contributed by atoms with Crippen molar-refractivity contribution in [3.8, 4) is 5.75 Å². The summed E-state index contributed by atoms with van der Waals surface area (Å²) in [7, 11) is 0. The van der Waals surface area contributed by atoms with Gasteiger partial charge in [-0.2, -0.15) is 0 Å². The topological polar surface area (TPSA) is 70.7 Å². The summed E-state index contributed by atoms with van der Waals surface area (Å²) in [5.41, 5.74) is 1.09. The van der Waals surface area contributed by atoms with E-state index in [4.69, 9.17) is 16.3 Å². The fraction of sp³-hybridized carbons (Fsp3) is 0.238. The van der Waals surface area contributed by atoms with Crippen LogP contribution in [-0.2, 0) is 4.79 Å². The summed E-state index contributed by atoms with van der Waals surface area (Å²) in [6.07, 6.45) is 1.66. The average molecular weight is 400 g/mol. The molecule has 0 saturated heterocycles. The molecule has 0 saturated carbocycles. The first-order valence-corrected chi connectivity index (χ1v) is 9.21. The van der Waals surface area contributed by atoms with Crippen LogP contribution in [0.3, 0.4) is 0 Å². The van der Waals surface area contributed by atoms with Crippen molar-refractivity contribution >= 4 is 40.6 Å². The quantitative estimate of drug-likeness (QED) is 0.716. The van der Waals surface area contributed by atoms with Gasteiger partial charge in [0.15, 0.2) is 0 Å². The van der Waals surface area contributed by atoms with E-state index < -0.39 is 11.4 Å². The Morgan fingerprint density at radius 3 is 2.54 bits per heavy atom. The number of benzene rings is 2. The molecule has 1 aliphatic rings. The molecule has 7 heteroatoms. The number of carbonyl (C=O) groups excluding carboxylic acids is 2. The molecular weight excluding hydrogens is 378 g/mol. The van der Waals surface area contributed by atoms with Gasteiger partial charge in [0.1, 0.15) is 12.4 Å². The maximum atomic E-state index is 12.9. The van der Waals surface area contributed by atoms with Crippen LogP contribution in [0.25, 0.3) is 0 Å². The highest BCUT2D eigenvalue weighted by atomic mass is 35.5. The van der Waals surface area contributed by atoms with Crippen LogP contribution in [0.15, 0.2) is 55.1 Å².